The molecule has 2 fully saturated rings. The third-order valence-electron chi connectivity index (χ3n) is 6.09. The van der Waals surface area contributed by atoms with Crippen LogP contribution in [0.5, 0.6) is 0 Å². The highest BCUT2D eigenvalue weighted by Crippen LogP contribution is 2.40. The van der Waals surface area contributed by atoms with Crippen molar-refractivity contribution in [2.24, 2.45) is 5.92 Å². The fraction of sp³-hybridized carbons (Fsp3) is 0.381. The Bertz CT molecular complexity index is 1030. The van der Waals surface area contributed by atoms with E-state index in [0.29, 0.717) is 29.2 Å². The Morgan fingerprint density at radius 2 is 1.81 bits per heavy atom. The molecule has 6 nitrogen and oxygen atoms in total. The van der Waals surface area contributed by atoms with Gasteiger partial charge in [-0.2, -0.15) is 5.10 Å². The number of fused-ring (bicyclic) bond motifs is 3. The molecule has 27 heavy (non-hydrogen) atoms. The van der Waals surface area contributed by atoms with Gasteiger partial charge in [-0.15, -0.1) is 0 Å². The summed E-state index contributed by atoms with van der Waals surface area (Å²) in [5.74, 6) is 0.670. The van der Waals surface area contributed by atoms with Crippen LogP contribution in [0, 0.1) is 5.92 Å². The molecule has 5 rings (SSSR count). The van der Waals surface area contributed by atoms with Crippen LogP contribution in [-0.2, 0) is 6.42 Å². The molecule has 4 heterocycles. The minimum absolute atomic E-state index is 0.0376. The van der Waals surface area contributed by atoms with E-state index in [2.05, 4.69) is 45.4 Å². The molecule has 1 N–H and O–H groups in total. The molecular formula is C21H22N4O2. The number of H-pyrrole nitrogens is 1. The summed E-state index contributed by atoms with van der Waals surface area (Å²) >= 11 is 0. The van der Waals surface area contributed by atoms with Gasteiger partial charge < -0.3 is 4.90 Å². The molecule has 6 heteroatoms. The number of benzene rings is 1. The Kier molecular flexibility index (Phi) is 3.85. The zero-order chi connectivity index (χ0) is 18.4. The first-order valence-electron chi connectivity index (χ1n) is 9.62. The smallest absolute Gasteiger partial charge is 0.333 e. The minimum atomic E-state index is -0.316. The third-order valence-corrected chi connectivity index (χ3v) is 6.09. The van der Waals surface area contributed by atoms with Crippen molar-refractivity contribution in [3.05, 3.63) is 70.3 Å². The SMILES string of the molecule is O=C(c1ccc2n[nH]c(=O)n2c1)N1[C@@H]2CC[C@H]1CC(Cc1ccccc1)C2. The maximum absolute atomic E-state index is 13.2. The second-order valence-electron chi connectivity index (χ2n) is 7.80. The van der Waals surface area contributed by atoms with Gasteiger partial charge in [0.1, 0.15) is 0 Å². The molecule has 2 bridgehead atoms. The molecule has 0 aliphatic carbocycles. The van der Waals surface area contributed by atoms with E-state index in [-0.39, 0.29) is 11.6 Å². The van der Waals surface area contributed by atoms with Crippen molar-refractivity contribution in [3.8, 4) is 0 Å². The summed E-state index contributed by atoms with van der Waals surface area (Å²) in [6.07, 6.45) is 6.98. The lowest BCUT2D eigenvalue weighted by atomic mass is 9.85. The first-order valence-corrected chi connectivity index (χ1v) is 9.62. The standard InChI is InChI=1S/C21H22N4O2/c26-20(16-6-9-19-22-23-21(27)24(19)13-16)25-17-7-8-18(25)12-15(11-17)10-14-4-2-1-3-5-14/h1-6,9,13,15,17-18H,7-8,10-12H2,(H,23,27)/t15?,17-,18+. The van der Waals surface area contributed by atoms with Crippen LogP contribution in [-0.4, -0.2) is 37.5 Å². The van der Waals surface area contributed by atoms with E-state index >= 15 is 0 Å². The average molecular weight is 362 g/mol. The van der Waals surface area contributed by atoms with Gasteiger partial charge in [0.05, 0.1) is 5.56 Å². The molecular weight excluding hydrogens is 340 g/mol. The van der Waals surface area contributed by atoms with Gasteiger partial charge >= 0.3 is 5.69 Å². The highest BCUT2D eigenvalue weighted by Gasteiger charge is 2.43. The van der Waals surface area contributed by atoms with Crippen LogP contribution in [0.2, 0.25) is 0 Å². The first kappa shape index (κ1) is 16.3. The van der Waals surface area contributed by atoms with Crippen LogP contribution in [0.15, 0.2) is 53.5 Å². The number of amides is 1. The summed E-state index contributed by atoms with van der Waals surface area (Å²) in [5, 5.41) is 6.34. The van der Waals surface area contributed by atoms with Gasteiger partial charge in [-0.25, -0.2) is 14.3 Å². The maximum atomic E-state index is 13.2. The minimum Gasteiger partial charge on any atom is -0.333 e. The van der Waals surface area contributed by atoms with Crippen LogP contribution < -0.4 is 5.69 Å². The number of hydrogen-bond donors (Lipinski definition) is 1. The molecule has 0 radical (unpaired) electrons. The van der Waals surface area contributed by atoms with Crippen molar-refractivity contribution in [2.45, 2.75) is 44.2 Å². The number of aromatic nitrogens is 3. The van der Waals surface area contributed by atoms with Crippen molar-refractivity contribution >= 4 is 11.6 Å². The summed E-state index contributed by atoms with van der Waals surface area (Å²) in [4.78, 5) is 27.1. The van der Waals surface area contributed by atoms with Crippen LogP contribution in [0.4, 0.5) is 0 Å². The van der Waals surface area contributed by atoms with Gasteiger partial charge in [0.15, 0.2) is 5.65 Å². The van der Waals surface area contributed by atoms with Crippen molar-refractivity contribution in [1.29, 1.82) is 0 Å². The lowest BCUT2D eigenvalue weighted by Crippen LogP contribution is -2.47. The molecule has 1 aromatic carbocycles. The van der Waals surface area contributed by atoms with Crippen LogP contribution >= 0.6 is 0 Å². The topological polar surface area (TPSA) is 70.5 Å². The first-order chi connectivity index (χ1) is 13.2. The number of piperidine rings is 1. The molecule has 2 aliphatic rings. The normalized spacial score (nSPS) is 24.4. The second kappa shape index (κ2) is 6.37. The number of pyridine rings is 1. The molecule has 2 saturated heterocycles. The number of rotatable bonds is 3. The molecule has 3 atom stereocenters. The number of carbonyl (C=O) groups excluding carboxylic acids is 1. The van der Waals surface area contributed by atoms with Crippen LogP contribution in [0.3, 0.4) is 0 Å². The molecule has 0 spiro atoms. The van der Waals surface area contributed by atoms with E-state index in [1.54, 1.807) is 18.3 Å². The van der Waals surface area contributed by atoms with E-state index in [0.717, 1.165) is 32.1 Å². The summed E-state index contributed by atoms with van der Waals surface area (Å²) in [5.41, 5.74) is 2.15. The summed E-state index contributed by atoms with van der Waals surface area (Å²) < 4.78 is 1.40. The van der Waals surface area contributed by atoms with Gasteiger partial charge in [0, 0.05) is 18.3 Å². The zero-order valence-corrected chi connectivity index (χ0v) is 15.0. The Balaban J connectivity index is 1.36. The number of aromatic amines is 1. The van der Waals surface area contributed by atoms with Crippen LogP contribution in [0.25, 0.3) is 5.65 Å². The number of nitrogens with zero attached hydrogens (tertiary/aromatic N) is 3. The van der Waals surface area contributed by atoms with E-state index in [1.807, 2.05) is 0 Å². The Morgan fingerprint density at radius 1 is 1.07 bits per heavy atom. The maximum Gasteiger partial charge on any atom is 0.347 e. The van der Waals surface area contributed by atoms with Crippen molar-refractivity contribution in [1.82, 2.24) is 19.5 Å². The summed E-state index contributed by atoms with van der Waals surface area (Å²) in [6, 6.07) is 14.7. The number of carbonyl (C=O) groups is 1. The largest absolute Gasteiger partial charge is 0.347 e. The molecule has 1 amide bonds. The second-order valence-corrected chi connectivity index (χ2v) is 7.80. The van der Waals surface area contributed by atoms with Crippen molar-refractivity contribution in [2.75, 3.05) is 0 Å². The van der Waals surface area contributed by atoms with E-state index in [4.69, 9.17) is 0 Å². The molecule has 138 valence electrons. The molecule has 1 unspecified atom stereocenters. The molecule has 2 aliphatic heterocycles. The van der Waals surface area contributed by atoms with Gasteiger partial charge in [-0.05, 0) is 55.7 Å². The third kappa shape index (κ3) is 2.85. The monoisotopic (exact) mass is 362 g/mol. The lowest BCUT2D eigenvalue weighted by molar-refractivity contribution is 0.0524. The van der Waals surface area contributed by atoms with Gasteiger partial charge in [-0.1, -0.05) is 30.3 Å². The predicted molar refractivity (Wildman–Crippen MR) is 102 cm³/mol. The van der Waals surface area contributed by atoms with Gasteiger partial charge in [0.25, 0.3) is 5.91 Å². The summed E-state index contributed by atoms with van der Waals surface area (Å²) in [6.45, 7) is 0. The number of hydrogen-bond acceptors (Lipinski definition) is 3. The van der Waals surface area contributed by atoms with E-state index in [1.165, 1.54) is 9.96 Å². The highest BCUT2D eigenvalue weighted by atomic mass is 16.2. The van der Waals surface area contributed by atoms with Crippen LogP contribution in [0.1, 0.15) is 41.6 Å². The van der Waals surface area contributed by atoms with Crippen molar-refractivity contribution < 1.29 is 4.79 Å². The van der Waals surface area contributed by atoms with Gasteiger partial charge in [0.2, 0.25) is 0 Å². The molecule has 2 aromatic heterocycles. The molecule has 0 saturated carbocycles. The zero-order valence-electron chi connectivity index (χ0n) is 15.0. The fourth-order valence-electron chi connectivity index (χ4n) is 4.92. The van der Waals surface area contributed by atoms with E-state index < -0.39 is 0 Å². The molecule has 3 aromatic rings. The quantitative estimate of drug-likeness (QED) is 0.779. The number of nitrogens with one attached hydrogen (secondary N) is 1. The van der Waals surface area contributed by atoms with E-state index in [9.17, 15) is 9.59 Å². The predicted octanol–water partition coefficient (Wildman–Crippen LogP) is 2.65. The summed E-state index contributed by atoms with van der Waals surface area (Å²) in [7, 11) is 0. The highest BCUT2D eigenvalue weighted by molar-refractivity contribution is 5.95. The Morgan fingerprint density at radius 3 is 2.56 bits per heavy atom. The fourth-order valence-corrected chi connectivity index (χ4v) is 4.92. The average Bonchev–Trinajstić information content (AvgIpc) is 3.19. The van der Waals surface area contributed by atoms with Crippen molar-refractivity contribution in [3.63, 3.8) is 0 Å². The Labute approximate surface area is 156 Å². The lowest BCUT2D eigenvalue weighted by Gasteiger charge is -2.39. The Hall–Kier alpha value is -2.89. The van der Waals surface area contributed by atoms with Gasteiger partial charge in [-0.3, -0.25) is 4.79 Å².